The SMILES string of the molecule is Cc1csc(CC2(O)CCN3CCC2C3)n1. The molecular formula is C12H18N2OS. The summed E-state index contributed by atoms with van der Waals surface area (Å²) >= 11 is 1.68. The maximum absolute atomic E-state index is 10.8. The largest absolute Gasteiger partial charge is 0.389 e. The molecule has 3 rings (SSSR count). The third kappa shape index (κ3) is 1.79. The Morgan fingerprint density at radius 2 is 2.50 bits per heavy atom. The maximum atomic E-state index is 10.8. The smallest absolute Gasteiger partial charge is 0.0956 e. The van der Waals surface area contributed by atoms with E-state index in [0.717, 1.165) is 43.1 Å². The first-order valence-corrected chi connectivity index (χ1v) is 6.89. The number of nitrogens with zero attached hydrogens (tertiary/aromatic N) is 2. The Labute approximate surface area is 100 Å². The van der Waals surface area contributed by atoms with Crippen LogP contribution in [-0.4, -0.2) is 40.2 Å². The van der Waals surface area contributed by atoms with Crippen molar-refractivity contribution < 1.29 is 5.11 Å². The molecule has 3 atom stereocenters. The van der Waals surface area contributed by atoms with Gasteiger partial charge in [0.1, 0.15) is 0 Å². The van der Waals surface area contributed by atoms with Crippen LogP contribution < -0.4 is 0 Å². The Morgan fingerprint density at radius 1 is 1.62 bits per heavy atom. The Hall–Kier alpha value is -0.450. The van der Waals surface area contributed by atoms with Gasteiger partial charge in [0.05, 0.1) is 10.6 Å². The molecule has 0 saturated carbocycles. The predicted molar refractivity (Wildman–Crippen MR) is 64.7 cm³/mol. The second-order valence-corrected chi connectivity index (χ2v) is 6.14. The zero-order valence-corrected chi connectivity index (χ0v) is 10.5. The fourth-order valence-corrected chi connectivity index (χ4v) is 3.90. The lowest BCUT2D eigenvalue weighted by molar-refractivity contribution is -0.0439. The van der Waals surface area contributed by atoms with Crippen LogP contribution in [0.15, 0.2) is 5.38 Å². The van der Waals surface area contributed by atoms with Crippen LogP contribution >= 0.6 is 11.3 Å². The first kappa shape index (κ1) is 10.7. The minimum atomic E-state index is -0.489. The summed E-state index contributed by atoms with van der Waals surface area (Å²) in [4.78, 5) is 6.94. The summed E-state index contributed by atoms with van der Waals surface area (Å²) in [5, 5.41) is 13.9. The van der Waals surface area contributed by atoms with E-state index in [4.69, 9.17) is 0 Å². The molecule has 1 aromatic rings. The van der Waals surface area contributed by atoms with Crippen LogP contribution in [0.1, 0.15) is 23.5 Å². The lowest BCUT2D eigenvalue weighted by Gasteiger charge is -2.38. The van der Waals surface area contributed by atoms with Crippen molar-refractivity contribution in [2.75, 3.05) is 19.6 Å². The molecule has 3 heterocycles. The van der Waals surface area contributed by atoms with Gasteiger partial charge in [0.25, 0.3) is 0 Å². The van der Waals surface area contributed by atoms with Crippen LogP contribution in [0.25, 0.3) is 0 Å². The molecule has 2 aliphatic heterocycles. The van der Waals surface area contributed by atoms with Crippen LogP contribution in [0.5, 0.6) is 0 Å². The quantitative estimate of drug-likeness (QED) is 0.847. The van der Waals surface area contributed by atoms with Crippen LogP contribution in [0.4, 0.5) is 0 Å². The Kier molecular flexibility index (Phi) is 2.53. The fourth-order valence-electron chi connectivity index (χ4n) is 3.01. The van der Waals surface area contributed by atoms with Gasteiger partial charge >= 0.3 is 0 Å². The first-order valence-electron chi connectivity index (χ1n) is 6.01. The predicted octanol–water partition coefficient (Wildman–Crippen LogP) is 1.45. The summed E-state index contributed by atoms with van der Waals surface area (Å²) in [5.74, 6) is 0.463. The van der Waals surface area contributed by atoms with Gasteiger partial charge < -0.3 is 10.0 Å². The Balaban J connectivity index is 1.77. The molecular weight excluding hydrogens is 220 g/mol. The van der Waals surface area contributed by atoms with Gasteiger partial charge in [-0.05, 0) is 26.3 Å². The van der Waals surface area contributed by atoms with Gasteiger partial charge in [0, 0.05) is 36.5 Å². The Bertz CT molecular complexity index is 392. The van der Waals surface area contributed by atoms with E-state index in [2.05, 4.69) is 15.3 Å². The number of rotatable bonds is 2. The number of hydrogen-bond acceptors (Lipinski definition) is 4. The minimum absolute atomic E-state index is 0.463. The third-order valence-corrected chi connectivity index (χ3v) is 4.98. The number of aliphatic hydroxyl groups is 1. The van der Waals surface area contributed by atoms with Gasteiger partial charge in [-0.25, -0.2) is 4.98 Å². The summed E-state index contributed by atoms with van der Waals surface area (Å²) in [6, 6.07) is 0. The van der Waals surface area contributed by atoms with Crippen molar-refractivity contribution in [1.29, 1.82) is 0 Å². The van der Waals surface area contributed by atoms with Crippen molar-refractivity contribution >= 4 is 11.3 Å². The topological polar surface area (TPSA) is 36.4 Å². The molecule has 2 bridgehead atoms. The van der Waals surface area contributed by atoms with E-state index in [1.165, 1.54) is 6.54 Å². The zero-order chi connectivity index (χ0) is 11.2. The number of aromatic nitrogens is 1. The molecule has 1 N–H and O–H groups in total. The van der Waals surface area contributed by atoms with Gasteiger partial charge in [-0.1, -0.05) is 0 Å². The summed E-state index contributed by atoms with van der Waals surface area (Å²) in [6.45, 7) is 5.32. The van der Waals surface area contributed by atoms with Crippen LogP contribution in [0, 0.1) is 12.8 Å². The maximum Gasteiger partial charge on any atom is 0.0956 e. The standard InChI is InChI=1S/C12H18N2OS/c1-9-8-16-11(13-9)6-12(15)3-5-14-4-2-10(12)7-14/h8,10,15H,2-7H2,1H3. The average molecular weight is 238 g/mol. The molecule has 16 heavy (non-hydrogen) atoms. The Morgan fingerprint density at radius 3 is 3.25 bits per heavy atom. The van der Waals surface area contributed by atoms with E-state index in [1.54, 1.807) is 11.3 Å². The summed E-state index contributed by atoms with van der Waals surface area (Å²) in [7, 11) is 0. The minimum Gasteiger partial charge on any atom is -0.389 e. The normalized spacial score (nSPS) is 37.9. The van der Waals surface area contributed by atoms with Gasteiger partial charge in [-0.2, -0.15) is 0 Å². The van der Waals surface area contributed by atoms with E-state index in [-0.39, 0.29) is 0 Å². The highest BCUT2D eigenvalue weighted by Gasteiger charge is 2.45. The lowest BCUT2D eigenvalue weighted by Crippen LogP contribution is -2.47. The number of fused-ring (bicyclic) bond motifs is 2. The molecule has 1 aromatic heterocycles. The number of piperidine rings is 1. The summed E-state index contributed by atoms with van der Waals surface area (Å²) < 4.78 is 0. The second kappa shape index (κ2) is 3.79. The van der Waals surface area contributed by atoms with Crippen LogP contribution in [0.3, 0.4) is 0 Å². The van der Waals surface area contributed by atoms with Crippen molar-refractivity contribution in [3.63, 3.8) is 0 Å². The van der Waals surface area contributed by atoms with Gasteiger partial charge in [-0.15, -0.1) is 11.3 Å². The third-order valence-electron chi connectivity index (χ3n) is 4.02. The number of thiazole rings is 1. The van der Waals surface area contributed by atoms with Crippen LogP contribution in [-0.2, 0) is 6.42 Å². The van der Waals surface area contributed by atoms with Crippen molar-refractivity contribution in [2.45, 2.75) is 31.8 Å². The molecule has 2 aliphatic rings. The zero-order valence-electron chi connectivity index (χ0n) is 9.65. The highest BCUT2D eigenvalue weighted by molar-refractivity contribution is 7.09. The molecule has 4 heteroatoms. The van der Waals surface area contributed by atoms with Crippen molar-refractivity contribution in [3.05, 3.63) is 16.1 Å². The average Bonchev–Trinajstić information content (AvgIpc) is 2.82. The van der Waals surface area contributed by atoms with Gasteiger partial charge in [0.15, 0.2) is 0 Å². The van der Waals surface area contributed by atoms with Crippen molar-refractivity contribution in [3.8, 4) is 0 Å². The van der Waals surface area contributed by atoms with Crippen molar-refractivity contribution in [2.24, 2.45) is 5.92 Å². The van der Waals surface area contributed by atoms with E-state index < -0.39 is 5.60 Å². The molecule has 0 spiro atoms. The molecule has 0 aliphatic carbocycles. The summed E-state index contributed by atoms with van der Waals surface area (Å²) in [5.41, 5.74) is 0.588. The second-order valence-electron chi connectivity index (χ2n) is 5.20. The van der Waals surface area contributed by atoms with Gasteiger partial charge in [-0.3, -0.25) is 0 Å². The molecule has 0 radical (unpaired) electrons. The molecule has 3 nitrogen and oxygen atoms in total. The van der Waals surface area contributed by atoms with Crippen molar-refractivity contribution in [1.82, 2.24) is 9.88 Å². The fraction of sp³-hybridized carbons (Fsp3) is 0.750. The highest BCUT2D eigenvalue weighted by Crippen LogP contribution is 2.38. The first-order chi connectivity index (χ1) is 7.66. The number of hydrogen-bond donors (Lipinski definition) is 1. The molecule has 2 saturated heterocycles. The highest BCUT2D eigenvalue weighted by atomic mass is 32.1. The lowest BCUT2D eigenvalue weighted by atomic mass is 9.80. The molecule has 0 aromatic carbocycles. The van der Waals surface area contributed by atoms with E-state index in [1.807, 2.05) is 6.92 Å². The molecule has 3 unspecified atom stereocenters. The van der Waals surface area contributed by atoms with Gasteiger partial charge in [0.2, 0.25) is 0 Å². The van der Waals surface area contributed by atoms with E-state index in [9.17, 15) is 5.11 Å². The van der Waals surface area contributed by atoms with Crippen LogP contribution in [0.2, 0.25) is 0 Å². The molecule has 0 amide bonds. The number of aryl methyl sites for hydroxylation is 1. The molecule has 2 fully saturated rings. The monoisotopic (exact) mass is 238 g/mol. The molecule has 88 valence electrons. The van der Waals surface area contributed by atoms with E-state index in [0.29, 0.717) is 5.92 Å². The van der Waals surface area contributed by atoms with E-state index >= 15 is 0 Å². The summed E-state index contributed by atoms with van der Waals surface area (Å²) in [6.07, 6.45) is 2.82.